The second-order valence-electron chi connectivity index (χ2n) is 3.95. The van der Waals surface area contributed by atoms with Gasteiger partial charge in [0.25, 0.3) is 5.69 Å². The second kappa shape index (κ2) is 4.83. The van der Waals surface area contributed by atoms with Gasteiger partial charge in [-0.25, -0.2) is 0 Å². The van der Waals surface area contributed by atoms with Crippen LogP contribution in [-0.4, -0.2) is 9.91 Å². The molecule has 5 nitrogen and oxygen atoms in total. The lowest BCUT2D eigenvalue weighted by Gasteiger charge is -2.11. The number of nitro benzene ring substituents is 1. The SMILES string of the molecule is Cc1cc([N+](=O)[O-])cc(C)c1Oc1ccncc1. The van der Waals surface area contributed by atoms with E-state index in [4.69, 9.17) is 4.74 Å². The van der Waals surface area contributed by atoms with E-state index in [2.05, 4.69) is 4.98 Å². The Kier molecular flexibility index (Phi) is 3.23. The monoisotopic (exact) mass is 244 g/mol. The van der Waals surface area contributed by atoms with Gasteiger partial charge in [0.05, 0.1) is 4.92 Å². The van der Waals surface area contributed by atoms with Crippen molar-refractivity contribution >= 4 is 5.69 Å². The summed E-state index contributed by atoms with van der Waals surface area (Å²) in [5.41, 5.74) is 1.55. The molecule has 5 heteroatoms. The number of pyridine rings is 1. The van der Waals surface area contributed by atoms with E-state index in [1.165, 1.54) is 12.1 Å². The maximum Gasteiger partial charge on any atom is 0.270 e. The summed E-state index contributed by atoms with van der Waals surface area (Å²) in [4.78, 5) is 14.2. The van der Waals surface area contributed by atoms with Crippen molar-refractivity contribution < 1.29 is 9.66 Å². The van der Waals surface area contributed by atoms with Gasteiger partial charge in [-0.05, 0) is 37.1 Å². The van der Waals surface area contributed by atoms with Crippen LogP contribution in [0.4, 0.5) is 5.69 Å². The van der Waals surface area contributed by atoms with Crippen LogP contribution in [0, 0.1) is 24.0 Å². The number of nitrogens with zero attached hydrogens (tertiary/aromatic N) is 2. The van der Waals surface area contributed by atoms with Crippen molar-refractivity contribution in [2.24, 2.45) is 0 Å². The average molecular weight is 244 g/mol. The van der Waals surface area contributed by atoms with E-state index < -0.39 is 4.92 Å². The molecule has 0 N–H and O–H groups in total. The van der Waals surface area contributed by atoms with Gasteiger partial charge in [-0.3, -0.25) is 15.1 Å². The summed E-state index contributed by atoms with van der Waals surface area (Å²) in [6, 6.07) is 6.48. The molecule has 0 spiro atoms. The van der Waals surface area contributed by atoms with Gasteiger partial charge in [0, 0.05) is 24.5 Å². The van der Waals surface area contributed by atoms with Crippen molar-refractivity contribution in [3.63, 3.8) is 0 Å². The topological polar surface area (TPSA) is 65.3 Å². The Labute approximate surface area is 104 Å². The Morgan fingerprint density at radius 3 is 2.22 bits per heavy atom. The lowest BCUT2D eigenvalue weighted by Crippen LogP contribution is -1.95. The average Bonchev–Trinajstić information content (AvgIpc) is 2.34. The Morgan fingerprint density at radius 1 is 1.17 bits per heavy atom. The van der Waals surface area contributed by atoms with Gasteiger partial charge in [0.2, 0.25) is 0 Å². The van der Waals surface area contributed by atoms with Gasteiger partial charge in [-0.2, -0.15) is 0 Å². The molecular weight excluding hydrogens is 232 g/mol. The molecule has 1 aromatic carbocycles. The van der Waals surface area contributed by atoms with Crippen molar-refractivity contribution in [3.05, 3.63) is 57.9 Å². The molecule has 1 heterocycles. The Hall–Kier alpha value is -2.43. The molecule has 0 fully saturated rings. The van der Waals surface area contributed by atoms with Crippen LogP contribution >= 0.6 is 0 Å². The third-order valence-corrected chi connectivity index (χ3v) is 2.53. The first-order valence-corrected chi connectivity index (χ1v) is 5.41. The summed E-state index contributed by atoms with van der Waals surface area (Å²) in [6.45, 7) is 3.58. The number of non-ortho nitro benzene ring substituents is 1. The molecule has 2 rings (SSSR count). The zero-order valence-corrected chi connectivity index (χ0v) is 10.1. The van der Waals surface area contributed by atoms with Crippen LogP contribution in [0.15, 0.2) is 36.7 Å². The van der Waals surface area contributed by atoms with Crippen molar-refractivity contribution in [2.75, 3.05) is 0 Å². The van der Waals surface area contributed by atoms with E-state index in [1.807, 2.05) is 0 Å². The van der Waals surface area contributed by atoms with Crippen molar-refractivity contribution in [1.29, 1.82) is 0 Å². The summed E-state index contributed by atoms with van der Waals surface area (Å²) >= 11 is 0. The molecule has 0 aliphatic rings. The fourth-order valence-electron chi connectivity index (χ4n) is 1.72. The molecule has 0 aliphatic heterocycles. The molecule has 0 amide bonds. The zero-order valence-electron chi connectivity index (χ0n) is 10.1. The smallest absolute Gasteiger partial charge is 0.270 e. The van der Waals surface area contributed by atoms with Gasteiger partial charge >= 0.3 is 0 Å². The fourth-order valence-corrected chi connectivity index (χ4v) is 1.72. The maximum absolute atomic E-state index is 10.7. The Morgan fingerprint density at radius 2 is 1.72 bits per heavy atom. The normalized spacial score (nSPS) is 10.1. The highest BCUT2D eigenvalue weighted by atomic mass is 16.6. The largest absolute Gasteiger partial charge is 0.457 e. The molecule has 92 valence electrons. The molecule has 0 radical (unpaired) electrons. The quantitative estimate of drug-likeness (QED) is 0.613. The summed E-state index contributed by atoms with van der Waals surface area (Å²) in [6.07, 6.45) is 3.26. The lowest BCUT2D eigenvalue weighted by molar-refractivity contribution is -0.385. The summed E-state index contributed by atoms with van der Waals surface area (Å²) in [7, 11) is 0. The van der Waals surface area contributed by atoms with E-state index in [0.717, 1.165) is 11.1 Å². The first kappa shape index (κ1) is 12.0. The first-order chi connectivity index (χ1) is 8.58. The number of rotatable bonds is 3. The second-order valence-corrected chi connectivity index (χ2v) is 3.95. The Bertz CT molecular complexity index is 559. The molecule has 0 unspecified atom stereocenters. The van der Waals surface area contributed by atoms with Crippen LogP contribution in [0.5, 0.6) is 11.5 Å². The predicted molar refractivity (Wildman–Crippen MR) is 66.9 cm³/mol. The highest BCUT2D eigenvalue weighted by molar-refractivity contribution is 5.50. The number of benzene rings is 1. The summed E-state index contributed by atoms with van der Waals surface area (Å²) in [5.74, 6) is 1.30. The zero-order chi connectivity index (χ0) is 13.1. The fraction of sp³-hybridized carbons (Fsp3) is 0.154. The van der Waals surface area contributed by atoms with Crippen LogP contribution in [0.2, 0.25) is 0 Å². The molecule has 2 aromatic rings. The minimum absolute atomic E-state index is 0.0760. The van der Waals surface area contributed by atoms with Gasteiger partial charge in [0.15, 0.2) is 0 Å². The van der Waals surface area contributed by atoms with Crippen LogP contribution in [-0.2, 0) is 0 Å². The first-order valence-electron chi connectivity index (χ1n) is 5.41. The van der Waals surface area contributed by atoms with E-state index in [9.17, 15) is 10.1 Å². The molecule has 0 saturated carbocycles. The van der Waals surface area contributed by atoms with Crippen molar-refractivity contribution in [3.8, 4) is 11.5 Å². The van der Waals surface area contributed by atoms with E-state index in [0.29, 0.717) is 11.5 Å². The highest BCUT2D eigenvalue weighted by Crippen LogP contribution is 2.31. The molecule has 0 saturated heterocycles. The molecular formula is C13H12N2O3. The molecule has 0 bridgehead atoms. The number of aromatic nitrogens is 1. The van der Waals surface area contributed by atoms with E-state index >= 15 is 0 Å². The van der Waals surface area contributed by atoms with Gasteiger partial charge < -0.3 is 4.74 Å². The van der Waals surface area contributed by atoms with Crippen molar-refractivity contribution in [1.82, 2.24) is 4.98 Å². The summed E-state index contributed by atoms with van der Waals surface area (Å²) in [5, 5.41) is 10.7. The highest BCUT2D eigenvalue weighted by Gasteiger charge is 2.13. The van der Waals surface area contributed by atoms with Gasteiger partial charge in [-0.15, -0.1) is 0 Å². The predicted octanol–water partition coefficient (Wildman–Crippen LogP) is 3.40. The minimum Gasteiger partial charge on any atom is -0.457 e. The van der Waals surface area contributed by atoms with Gasteiger partial charge in [-0.1, -0.05) is 0 Å². The Balaban J connectivity index is 2.37. The van der Waals surface area contributed by atoms with Gasteiger partial charge in [0.1, 0.15) is 11.5 Å². The lowest BCUT2D eigenvalue weighted by atomic mass is 10.1. The molecule has 18 heavy (non-hydrogen) atoms. The number of nitro groups is 1. The van der Waals surface area contributed by atoms with E-state index in [-0.39, 0.29) is 5.69 Å². The maximum atomic E-state index is 10.7. The minimum atomic E-state index is -0.407. The van der Waals surface area contributed by atoms with Crippen LogP contribution in [0.3, 0.4) is 0 Å². The third-order valence-electron chi connectivity index (χ3n) is 2.53. The number of ether oxygens (including phenoxy) is 1. The van der Waals surface area contributed by atoms with Crippen LogP contribution < -0.4 is 4.74 Å². The molecule has 0 aliphatic carbocycles. The number of hydrogen-bond donors (Lipinski definition) is 0. The summed E-state index contributed by atoms with van der Waals surface area (Å²) < 4.78 is 5.71. The van der Waals surface area contributed by atoms with Crippen molar-refractivity contribution in [2.45, 2.75) is 13.8 Å². The standard InChI is InChI=1S/C13H12N2O3/c1-9-7-11(15(16)17)8-10(2)13(9)18-12-3-5-14-6-4-12/h3-8H,1-2H3. The molecule has 1 aromatic heterocycles. The van der Waals surface area contributed by atoms with Crippen LogP contribution in [0.25, 0.3) is 0 Å². The number of aryl methyl sites for hydroxylation is 2. The van der Waals surface area contributed by atoms with Crippen LogP contribution in [0.1, 0.15) is 11.1 Å². The molecule has 0 atom stereocenters. The third kappa shape index (κ3) is 2.45. The number of hydrogen-bond acceptors (Lipinski definition) is 4. The van der Waals surface area contributed by atoms with E-state index in [1.54, 1.807) is 38.4 Å².